The molecule has 8 heteroatoms. The molecule has 0 amide bonds. The number of hydrogen-bond donors (Lipinski definition) is 0. The Morgan fingerprint density at radius 1 is 0.366 bits per heavy atom. The Bertz CT molecular complexity index is 1240. The van der Waals surface area contributed by atoms with Crippen LogP contribution in [0.3, 0.4) is 0 Å². The molecule has 0 aromatic heterocycles. The van der Waals surface area contributed by atoms with Crippen molar-refractivity contribution >= 4 is 68.1 Å². The van der Waals surface area contributed by atoms with Gasteiger partial charge >= 0.3 is 0 Å². The SMILES string of the molecule is Cc1cc(N(C)C)c(N(C)C)cc1[Si](Cl)(c1cc(N(C)C)c(N(C)C)cc1C)c1cc(N(C)C)c(N(C)C)cc1C. The highest BCUT2D eigenvalue weighted by Crippen LogP contribution is 2.34. The standard InChI is InChI=1S/C33H51ClN6Si/c1-22-16-25(35(4)5)28(38(10)11)19-31(22)41(34,32-20-29(39(12)13)26(36(6)7)17-23(32)2)33-21-30(40(14)15)27(37(8)9)18-24(33)3/h16-21H,1-15H3. The maximum Gasteiger partial charge on any atom is 0.248 e. The van der Waals surface area contributed by atoms with E-state index in [0.717, 1.165) is 0 Å². The average molecular weight is 595 g/mol. The van der Waals surface area contributed by atoms with Crippen molar-refractivity contribution in [1.29, 1.82) is 0 Å². The number of rotatable bonds is 9. The van der Waals surface area contributed by atoms with Crippen LogP contribution in [0.15, 0.2) is 36.4 Å². The van der Waals surface area contributed by atoms with Crippen molar-refractivity contribution in [1.82, 2.24) is 0 Å². The highest BCUT2D eigenvalue weighted by atomic mass is 35.6. The van der Waals surface area contributed by atoms with Crippen LogP contribution in [0.4, 0.5) is 34.1 Å². The van der Waals surface area contributed by atoms with Gasteiger partial charge in [0.15, 0.2) is 0 Å². The van der Waals surface area contributed by atoms with E-state index in [1.54, 1.807) is 0 Å². The summed E-state index contributed by atoms with van der Waals surface area (Å²) in [6, 6.07) is 14.0. The molecular formula is C33H51ClN6Si. The summed E-state index contributed by atoms with van der Waals surface area (Å²) in [5.41, 5.74) is 10.7. The number of benzene rings is 3. The summed E-state index contributed by atoms with van der Waals surface area (Å²) in [4.78, 5) is 13.2. The van der Waals surface area contributed by atoms with Gasteiger partial charge in [-0.25, -0.2) is 0 Å². The fourth-order valence-electron chi connectivity index (χ4n) is 5.74. The van der Waals surface area contributed by atoms with Gasteiger partial charge in [0.05, 0.1) is 34.1 Å². The number of halogens is 1. The molecule has 0 heterocycles. The zero-order valence-corrected chi connectivity index (χ0v) is 29.8. The maximum absolute atomic E-state index is 8.40. The van der Waals surface area contributed by atoms with Crippen molar-refractivity contribution in [3.05, 3.63) is 53.1 Å². The number of anilines is 6. The van der Waals surface area contributed by atoms with E-state index < -0.39 is 7.38 Å². The lowest BCUT2D eigenvalue weighted by molar-refractivity contribution is 1.07. The second-order valence-corrected chi connectivity index (χ2v) is 17.1. The molecule has 0 unspecified atom stereocenters. The maximum atomic E-state index is 8.40. The van der Waals surface area contributed by atoms with Crippen molar-refractivity contribution in [2.24, 2.45) is 0 Å². The molecule has 0 aliphatic carbocycles. The molecule has 0 saturated carbocycles. The van der Waals surface area contributed by atoms with Gasteiger partial charge in [-0.15, -0.1) is 11.1 Å². The van der Waals surface area contributed by atoms with E-state index in [1.165, 1.54) is 66.4 Å². The van der Waals surface area contributed by atoms with Crippen LogP contribution in [0.25, 0.3) is 0 Å². The topological polar surface area (TPSA) is 19.4 Å². The van der Waals surface area contributed by atoms with Crippen LogP contribution in [-0.4, -0.2) is 92.0 Å². The first-order valence-electron chi connectivity index (χ1n) is 14.1. The smallest absolute Gasteiger partial charge is 0.248 e. The van der Waals surface area contributed by atoms with Crippen LogP contribution in [0.1, 0.15) is 16.7 Å². The molecule has 0 aliphatic rings. The molecular weight excluding hydrogens is 544 g/mol. The van der Waals surface area contributed by atoms with E-state index >= 15 is 0 Å². The Kier molecular flexibility index (Phi) is 9.56. The lowest BCUT2D eigenvalue weighted by Crippen LogP contribution is -2.65. The van der Waals surface area contributed by atoms with E-state index in [1.807, 2.05) is 0 Å². The normalized spacial score (nSPS) is 11.4. The third kappa shape index (κ3) is 5.98. The molecule has 3 aromatic rings. The molecule has 0 spiro atoms. The summed E-state index contributed by atoms with van der Waals surface area (Å²) in [6.45, 7) is 6.66. The van der Waals surface area contributed by atoms with E-state index in [-0.39, 0.29) is 0 Å². The van der Waals surface area contributed by atoms with Crippen LogP contribution in [-0.2, 0) is 0 Å². The number of nitrogens with zero attached hydrogens (tertiary/aromatic N) is 6. The summed E-state index contributed by atoms with van der Waals surface area (Å²) in [6.07, 6.45) is 0. The van der Waals surface area contributed by atoms with Gasteiger partial charge in [-0.1, -0.05) is 0 Å². The molecule has 3 rings (SSSR count). The van der Waals surface area contributed by atoms with Crippen molar-refractivity contribution in [2.45, 2.75) is 20.8 Å². The zero-order chi connectivity index (χ0) is 31.1. The van der Waals surface area contributed by atoms with Crippen molar-refractivity contribution in [3.8, 4) is 0 Å². The molecule has 3 aromatic carbocycles. The minimum Gasteiger partial charge on any atom is -0.376 e. The van der Waals surface area contributed by atoms with E-state index in [4.69, 9.17) is 11.1 Å². The highest BCUT2D eigenvalue weighted by molar-refractivity contribution is 7.40. The van der Waals surface area contributed by atoms with Gasteiger partial charge in [0, 0.05) is 84.6 Å². The molecule has 0 radical (unpaired) electrons. The van der Waals surface area contributed by atoms with Crippen molar-refractivity contribution in [2.75, 3.05) is 114 Å². The predicted molar refractivity (Wildman–Crippen MR) is 190 cm³/mol. The fraction of sp³-hybridized carbons (Fsp3) is 0.455. The molecule has 0 atom stereocenters. The summed E-state index contributed by atoms with van der Waals surface area (Å²) in [7, 11) is 22.2. The third-order valence-electron chi connectivity index (χ3n) is 7.97. The minimum absolute atomic E-state index is 1.17. The van der Waals surface area contributed by atoms with Gasteiger partial charge in [-0.3, -0.25) is 0 Å². The van der Waals surface area contributed by atoms with Gasteiger partial charge in [0.1, 0.15) is 0 Å². The van der Waals surface area contributed by atoms with E-state index in [0.29, 0.717) is 0 Å². The average Bonchev–Trinajstić information content (AvgIpc) is 2.86. The quantitative estimate of drug-likeness (QED) is 0.208. The second-order valence-electron chi connectivity index (χ2n) is 12.5. The fourth-order valence-corrected chi connectivity index (χ4v) is 11.3. The second kappa shape index (κ2) is 12.1. The van der Waals surface area contributed by atoms with Crippen LogP contribution >= 0.6 is 11.1 Å². The Labute approximate surface area is 255 Å². The predicted octanol–water partition coefficient (Wildman–Crippen LogP) is 4.21. The molecule has 224 valence electrons. The number of aryl methyl sites for hydroxylation is 3. The largest absolute Gasteiger partial charge is 0.376 e. The van der Waals surface area contributed by atoms with E-state index in [2.05, 4.69) is 171 Å². The van der Waals surface area contributed by atoms with E-state index in [9.17, 15) is 0 Å². The van der Waals surface area contributed by atoms with Crippen molar-refractivity contribution < 1.29 is 0 Å². The molecule has 0 saturated heterocycles. The van der Waals surface area contributed by atoms with Crippen LogP contribution < -0.4 is 45.0 Å². The lowest BCUT2D eigenvalue weighted by atomic mass is 10.1. The Balaban J connectivity index is 2.60. The van der Waals surface area contributed by atoms with Gasteiger partial charge in [-0.2, -0.15) is 0 Å². The molecule has 0 bridgehead atoms. The summed E-state index contributed by atoms with van der Waals surface area (Å²) in [5.74, 6) is 0. The summed E-state index contributed by atoms with van der Waals surface area (Å²) < 4.78 is 0. The first kappa shape index (κ1) is 32.5. The first-order chi connectivity index (χ1) is 18.9. The molecule has 0 N–H and O–H groups in total. The van der Waals surface area contributed by atoms with Gasteiger partial charge in [-0.05, 0) is 89.4 Å². The third-order valence-corrected chi connectivity index (χ3v) is 13.6. The van der Waals surface area contributed by atoms with Gasteiger partial charge < -0.3 is 29.4 Å². The van der Waals surface area contributed by atoms with Gasteiger partial charge in [0.2, 0.25) is 7.38 Å². The molecule has 0 fully saturated rings. The first-order valence-corrected chi connectivity index (χ1v) is 17.1. The van der Waals surface area contributed by atoms with Crippen LogP contribution in [0.5, 0.6) is 0 Å². The highest BCUT2D eigenvalue weighted by Gasteiger charge is 2.43. The summed E-state index contributed by atoms with van der Waals surface area (Å²) >= 11 is 8.40. The Morgan fingerprint density at radius 2 is 0.537 bits per heavy atom. The lowest BCUT2D eigenvalue weighted by Gasteiger charge is -2.36. The van der Waals surface area contributed by atoms with Crippen LogP contribution in [0.2, 0.25) is 0 Å². The molecule has 6 nitrogen and oxygen atoms in total. The van der Waals surface area contributed by atoms with Crippen molar-refractivity contribution in [3.63, 3.8) is 0 Å². The molecule has 0 aliphatic heterocycles. The minimum atomic E-state index is -3.08. The number of hydrogen-bond acceptors (Lipinski definition) is 6. The monoisotopic (exact) mass is 594 g/mol. The van der Waals surface area contributed by atoms with Gasteiger partial charge in [0.25, 0.3) is 0 Å². The Hall–Kier alpha value is -3.03. The summed E-state index contributed by atoms with van der Waals surface area (Å²) in [5, 5.41) is 3.68. The zero-order valence-electron chi connectivity index (χ0n) is 28.0. The Morgan fingerprint density at radius 3 is 0.707 bits per heavy atom. The molecule has 41 heavy (non-hydrogen) atoms. The van der Waals surface area contributed by atoms with Crippen LogP contribution in [0, 0.1) is 20.8 Å².